The lowest BCUT2D eigenvalue weighted by molar-refractivity contribution is 0.318. The molecule has 6 heteroatoms. The predicted molar refractivity (Wildman–Crippen MR) is 120 cm³/mol. The molecular formula is C23H20Cl2N2O2. The molecule has 4 rings (SSSR count). The van der Waals surface area contributed by atoms with E-state index in [-0.39, 0.29) is 0 Å². The summed E-state index contributed by atoms with van der Waals surface area (Å²) in [6.45, 7) is 0.607. The van der Waals surface area contributed by atoms with Crippen LogP contribution in [0.1, 0.15) is 6.42 Å². The molecule has 4 aromatic rings. The van der Waals surface area contributed by atoms with Gasteiger partial charge in [0, 0.05) is 34.9 Å². The zero-order valence-corrected chi connectivity index (χ0v) is 17.5. The van der Waals surface area contributed by atoms with E-state index >= 15 is 0 Å². The Kier molecular flexibility index (Phi) is 5.93. The minimum Gasteiger partial charge on any atom is -0.494 e. The summed E-state index contributed by atoms with van der Waals surface area (Å²) in [6, 6.07) is 21.4. The Morgan fingerprint density at radius 1 is 0.966 bits per heavy atom. The van der Waals surface area contributed by atoms with Crippen LogP contribution in [-0.4, -0.2) is 24.5 Å². The number of nitrogens with zero attached hydrogens (tertiary/aromatic N) is 2. The van der Waals surface area contributed by atoms with E-state index in [9.17, 15) is 0 Å². The number of benzene rings is 3. The zero-order chi connectivity index (χ0) is 20.2. The molecule has 0 aliphatic carbocycles. The molecule has 0 aliphatic heterocycles. The van der Waals surface area contributed by atoms with Gasteiger partial charge in [0.2, 0.25) is 5.89 Å². The van der Waals surface area contributed by atoms with Gasteiger partial charge in [-0.3, -0.25) is 0 Å². The number of anilines is 2. The van der Waals surface area contributed by atoms with Crippen molar-refractivity contribution < 1.29 is 9.15 Å². The monoisotopic (exact) mass is 426 g/mol. The molecule has 3 aromatic carbocycles. The highest BCUT2D eigenvalue weighted by Crippen LogP contribution is 2.31. The molecule has 0 unspecified atom stereocenters. The molecule has 0 amide bonds. The van der Waals surface area contributed by atoms with Gasteiger partial charge in [-0.1, -0.05) is 11.6 Å². The fourth-order valence-corrected chi connectivity index (χ4v) is 3.24. The first-order valence-electron chi connectivity index (χ1n) is 9.33. The van der Waals surface area contributed by atoms with Crippen molar-refractivity contribution in [2.24, 2.45) is 0 Å². The smallest absolute Gasteiger partial charge is 0.227 e. The maximum absolute atomic E-state index is 5.99. The maximum Gasteiger partial charge on any atom is 0.227 e. The quantitative estimate of drug-likeness (QED) is 0.237. The summed E-state index contributed by atoms with van der Waals surface area (Å²) in [6.07, 6.45) is 0.821. The van der Waals surface area contributed by atoms with E-state index in [1.54, 1.807) is 0 Å². The van der Waals surface area contributed by atoms with Gasteiger partial charge >= 0.3 is 0 Å². The molecule has 0 atom stereocenters. The highest BCUT2D eigenvalue weighted by atomic mass is 35.5. The normalized spacial score (nSPS) is 11.0. The lowest BCUT2D eigenvalue weighted by Gasteiger charge is -2.19. The first-order valence-corrected chi connectivity index (χ1v) is 10.2. The van der Waals surface area contributed by atoms with Crippen LogP contribution in [0.3, 0.4) is 0 Å². The summed E-state index contributed by atoms with van der Waals surface area (Å²) in [7, 11) is 2.01. The third-order valence-electron chi connectivity index (χ3n) is 4.62. The topological polar surface area (TPSA) is 38.5 Å². The second-order valence-electron chi connectivity index (χ2n) is 6.62. The second kappa shape index (κ2) is 8.76. The van der Waals surface area contributed by atoms with Crippen LogP contribution in [0.4, 0.5) is 11.4 Å². The van der Waals surface area contributed by atoms with Crippen LogP contribution < -0.4 is 9.64 Å². The van der Waals surface area contributed by atoms with Crippen LogP contribution in [0.25, 0.3) is 22.6 Å². The van der Waals surface area contributed by atoms with Crippen LogP contribution in [0.5, 0.6) is 5.75 Å². The van der Waals surface area contributed by atoms with Gasteiger partial charge in [-0.15, -0.1) is 11.6 Å². The zero-order valence-electron chi connectivity index (χ0n) is 15.9. The fourth-order valence-electron chi connectivity index (χ4n) is 3.00. The number of hydrogen-bond donors (Lipinski definition) is 0. The van der Waals surface area contributed by atoms with E-state index < -0.39 is 0 Å². The van der Waals surface area contributed by atoms with Gasteiger partial charge in [0.1, 0.15) is 11.3 Å². The highest BCUT2D eigenvalue weighted by Gasteiger charge is 2.11. The van der Waals surface area contributed by atoms with Gasteiger partial charge in [-0.25, -0.2) is 4.98 Å². The lowest BCUT2D eigenvalue weighted by atomic mass is 10.2. The van der Waals surface area contributed by atoms with Crippen molar-refractivity contribution in [3.63, 3.8) is 0 Å². The van der Waals surface area contributed by atoms with Crippen molar-refractivity contribution in [2.45, 2.75) is 6.42 Å². The van der Waals surface area contributed by atoms with Crippen LogP contribution in [0.2, 0.25) is 5.02 Å². The summed E-state index contributed by atoms with van der Waals surface area (Å²) in [4.78, 5) is 6.75. The summed E-state index contributed by atoms with van der Waals surface area (Å²) in [5.41, 5.74) is 4.51. The summed E-state index contributed by atoms with van der Waals surface area (Å²) < 4.78 is 11.6. The molecule has 0 fully saturated rings. The Bertz CT molecular complexity index is 1090. The Balaban J connectivity index is 1.56. The number of oxazole rings is 1. The molecule has 1 heterocycles. The Morgan fingerprint density at radius 3 is 2.41 bits per heavy atom. The molecule has 29 heavy (non-hydrogen) atoms. The van der Waals surface area contributed by atoms with Crippen LogP contribution >= 0.6 is 23.2 Å². The van der Waals surface area contributed by atoms with E-state index in [0.29, 0.717) is 23.4 Å². The van der Waals surface area contributed by atoms with Crippen molar-refractivity contribution in [1.82, 2.24) is 4.98 Å². The highest BCUT2D eigenvalue weighted by molar-refractivity contribution is 6.30. The van der Waals surface area contributed by atoms with Gasteiger partial charge in [0.15, 0.2) is 5.58 Å². The Morgan fingerprint density at radius 2 is 1.69 bits per heavy atom. The van der Waals surface area contributed by atoms with Crippen molar-refractivity contribution in [1.29, 1.82) is 0 Å². The molecule has 0 saturated carbocycles. The largest absolute Gasteiger partial charge is 0.494 e. The Labute approximate surface area is 179 Å². The average molecular weight is 427 g/mol. The molecule has 0 spiro atoms. The van der Waals surface area contributed by atoms with Crippen molar-refractivity contribution in [2.75, 3.05) is 24.4 Å². The van der Waals surface area contributed by atoms with E-state index in [1.807, 2.05) is 73.8 Å². The first-order chi connectivity index (χ1) is 14.1. The summed E-state index contributed by atoms with van der Waals surface area (Å²) >= 11 is 11.7. The molecule has 1 aromatic heterocycles. The van der Waals surface area contributed by atoms with E-state index in [2.05, 4.69) is 9.88 Å². The van der Waals surface area contributed by atoms with Crippen LogP contribution in [0, 0.1) is 0 Å². The molecule has 0 radical (unpaired) electrons. The molecule has 0 N–H and O–H groups in total. The number of rotatable bonds is 7. The van der Waals surface area contributed by atoms with E-state index in [1.165, 1.54) is 0 Å². The van der Waals surface area contributed by atoms with Crippen molar-refractivity contribution in [3.05, 3.63) is 71.8 Å². The predicted octanol–water partition coefficient (Wildman–Crippen LogP) is 6.92. The van der Waals surface area contributed by atoms with Gasteiger partial charge in [0.05, 0.1) is 6.61 Å². The minimum atomic E-state index is 0.582. The maximum atomic E-state index is 5.99. The fraction of sp³-hybridized carbons (Fsp3) is 0.174. The molecule has 0 aliphatic rings. The first kappa shape index (κ1) is 19.6. The van der Waals surface area contributed by atoms with Crippen molar-refractivity contribution in [3.8, 4) is 17.2 Å². The SMILES string of the molecule is CN(c1ccc(Cl)cc1)c1ccc2oc(-c3ccc(OCCCCl)cc3)nc2c1. The molecule has 0 saturated heterocycles. The molecular weight excluding hydrogens is 407 g/mol. The summed E-state index contributed by atoms with van der Waals surface area (Å²) in [5, 5.41) is 0.717. The summed E-state index contributed by atoms with van der Waals surface area (Å²) in [5.74, 6) is 1.98. The van der Waals surface area contributed by atoms with E-state index in [4.69, 9.17) is 32.4 Å². The van der Waals surface area contributed by atoms with Gasteiger partial charge in [0.25, 0.3) is 0 Å². The number of ether oxygens (including phenoxy) is 1. The minimum absolute atomic E-state index is 0.582. The standard InChI is InChI=1S/C23H20Cl2N2O2/c1-27(18-7-5-17(25)6-8-18)19-9-12-22-21(15-19)26-23(29-22)16-3-10-20(11-4-16)28-14-2-13-24/h3-12,15H,2,13-14H2,1H3. The molecule has 0 bridgehead atoms. The lowest BCUT2D eigenvalue weighted by Crippen LogP contribution is -2.08. The second-order valence-corrected chi connectivity index (χ2v) is 7.44. The average Bonchev–Trinajstić information content (AvgIpc) is 3.18. The van der Waals surface area contributed by atoms with Gasteiger partial charge < -0.3 is 14.1 Å². The number of hydrogen-bond acceptors (Lipinski definition) is 4. The van der Waals surface area contributed by atoms with Crippen molar-refractivity contribution >= 4 is 45.7 Å². The molecule has 148 valence electrons. The number of halogens is 2. The number of fused-ring (bicyclic) bond motifs is 1. The number of alkyl halides is 1. The van der Waals surface area contributed by atoms with Gasteiger partial charge in [-0.2, -0.15) is 0 Å². The van der Waals surface area contributed by atoms with Crippen LogP contribution in [-0.2, 0) is 0 Å². The van der Waals surface area contributed by atoms with Crippen LogP contribution in [0.15, 0.2) is 71.1 Å². The Hall–Kier alpha value is -2.69. The molecule has 4 nitrogen and oxygen atoms in total. The van der Waals surface area contributed by atoms with Gasteiger partial charge in [-0.05, 0) is 73.2 Å². The van der Waals surface area contributed by atoms with E-state index in [0.717, 1.165) is 40.2 Å². The third-order valence-corrected chi connectivity index (χ3v) is 5.14. The number of aromatic nitrogens is 1. The third kappa shape index (κ3) is 4.50.